The maximum atomic E-state index is 11.9. The molecule has 8 nitrogen and oxygen atoms in total. The predicted octanol–water partition coefficient (Wildman–Crippen LogP) is 3.15. The molecule has 29 heavy (non-hydrogen) atoms. The number of amides is 1. The van der Waals surface area contributed by atoms with Crippen molar-refractivity contribution in [3.63, 3.8) is 0 Å². The highest BCUT2D eigenvalue weighted by atomic mass is 16.6. The summed E-state index contributed by atoms with van der Waals surface area (Å²) in [5, 5.41) is 6.47. The summed E-state index contributed by atoms with van der Waals surface area (Å²) in [5.41, 5.74) is 2.53. The van der Waals surface area contributed by atoms with Gasteiger partial charge in [-0.1, -0.05) is 17.7 Å². The molecule has 1 amide bonds. The van der Waals surface area contributed by atoms with Gasteiger partial charge < -0.3 is 23.9 Å². The quantitative estimate of drug-likeness (QED) is 0.685. The van der Waals surface area contributed by atoms with Gasteiger partial charge in [-0.3, -0.25) is 4.90 Å². The highest BCUT2D eigenvalue weighted by Gasteiger charge is 2.17. The Balaban J connectivity index is 1.16. The Bertz CT molecular complexity index is 913. The molecule has 1 N–H and O–H groups in total. The highest BCUT2D eigenvalue weighted by molar-refractivity contribution is 5.70. The molecule has 0 bridgehead atoms. The molecule has 0 atom stereocenters. The van der Waals surface area contributed by atoms with E-state index in [9.17, 15) is 4.79 Å². The summed E-state index contributed by atoms with van der Waals surface area (Å²) in [7, 11) is 0. The Morgan fingerprint density at radius 3 is 2.66 bits per heavy atom. The fourth-order valence-corrected chi connectivity index (χ4v) is 3.27. The van der Waals surface area contributed by atoms with E-state index >= 15 is 0 Å². The number of hydrogen-bond acceptors (Lipinski definition) is 7. The number of anilines is 1. The third kappa shape index (κ3) is 4.97. The topological polar surface area (TPSA) is 84.0 Å². The smallest absolute Gasteiger partial charge is 0.414 e. The van der Waals surface area contributed by atoms with E-state index in [0.717, 1.165) is 32.7 Å². The van der Waals surface area contributed by atoms with Crippen molar-refractivity contribution in [2.75, 3.05) is 44.2 Å². The lowest BCUT2D eigenvalue weighted by Crippen LogP contribution is -2.48. The molecule has 1 fully saturated rings. The molecule has 0 unspecified atom stereocenters. The number of hydrogen-bond donors (Lipinski definition) is 1. The van der Waals surface area contributed by atoms with E-state index in [1.165, 1.54) is 23.6 Å². The largest absolute Gasteiger partial charge is 0.461 e. The first-order valence-corrected chi connectivity index (χ1v) is 9.67. The van der Waals surface area contributed by atoms with E-state index in [2.05, 4.69) is 51.5 Å². The van der Waals surface area contributed by atoms with Crippen LogP contribution in [-0.2, 0) is 0 Å². The van der Waals surface area contributed by atoms with Gasteiger partial charge in [0, 0.05) is 45.0 Å². The van der Waals surface area contributed by atoms with Gasteiger partial charge >= 0.3 is 6.09 Å². The van der Waals surface area contributed by atoms with Crippen LogP contribution in [0.15, 0.2) is 57.7 Å². The number of nitrogens with one attached hydrogen (secondary N) is 1. The number of aromatic nitrogens is 1. The molecule has 3 aromatic rings. The average Bonchev–Trinajstić information content (AvgIpc) is 3.41. The number of rotatable bonds is 6. The van der Waals surface area contributed by atoms with E-state index in [1.54, 1.807) is 12.1 Å². The number of carbonyl (C=O) groups excluding carboxylic acids is 1. The normalized spacial score (nSPS) is 14.7. The first kappa shape index (κ1) is 19.1. The van der Waals surface area contributed by atoms with Crippen molar-refractivity contribution in [1.82, 2.24) is 15.4 Å². The maximum Gasteiger partial charge on any atom is 0.414 e. The van der Waals surface area contributed by atoms with Crippen LogP contribution in [0.4, 0.5) is 10.5 Å². The second-order valence-corrected chi connectivity index (χ2v) is 6.99. The number of furan rings is 1. The molecule has 0 radical (unpaired) electrons. The molecule has 1 aromatic carbocycles. The summed E-state index contributed by atoms with van der Waals surface area (Å²) in [6.45, 7) is 7.24. The minimum absolute atomic E-state index is 0.0978. The van der Waals surface area contributed by atoms with Gasteiger partial charge in [-0.05, 0) is 36.3 Å². The van der Waals surface area contributed by atoms with Crippen molar-refractivity contribution in [2.45, 2.75) is 6.92 Å². The highest BCUT2D eigenvalue weighted by Crippen LogP contribution is 2.23. The molecule has 2 aromatic heterocycles. The molecule has 0 spiro atoms. The first-order chi connectivity index (χ1) is 14.2. The number of nitrogens with zero attached hydrogens (tertiary/aromatic N) is 3. The zero-order valence-electron chi connectivity index (χ0n) is 16.3. The Labute approximate surface area is 169 Å². The monoisotopic (exact) mass is 396 g/mol. The minimum Gasteiger partial charge on any atom is -0.461 e. The van der Waals surface area contributed by atoms with Crippen LogP contribution in [0.1, 0.15) is 5.56 Å². The van der Waals surface area contributed by atoms with E-state index in [0.29, 0.717) is 18.1 Å². The van der Waals surface area contributed by atoms with Gasteiger partial charge in [-0.25, -0.2) is 4.79 Å². The van der Waals surface area contributed by atoms with Crippen molar-refractivity contribution < 1.29 is 18.5 Å². The van der Waals surface area contributed by atoms with Gasteiger partial charge in [0.2, 0.25) is 5.76 Å². The Kier molecular flexibility index (Phi) is 5.81. The molecule has 4 rings (SSSR count). The van der Waals surface area contributed by atoms with Gasteiger partial charge in [0.1, 0.15) is 0 Å². The molecule has 1 aliphatic heterocycles. The molecule has 0 aliphatic carbocycles. The van der Waals surface area contributed by atoms with E-state index in [1.807, 2.05) is 0 Å². The zero-order chi connectivity index (χ0) is 20.1. The van der Waals surface area contributed by atoms with Crippen LogP contribution in [0.2, 0.25) is 0 Å². The van der Waals surface area contributed by atoms with Crippen LogP contribution in [0.25, 0.3) is 11.5 Å². The van der Waals surface area contributed by atoms with Gasteiger partial charge in [0.25, 0.3) is 5.88 Å². The summed E-state index contributed by atoms with van der Waals surface area (Å²) < 4.78 is 15.5. The summed E-state index contributed by atoms with van der Waals surface area (Å²) in [6.07, 6.45) is 0.980. The minimum atomic E-state index is -0.553. The van der Waals surface area contributed by atoms with E-state index in [4.69, 9.17) is 13.7 Å². The maximum absolute atomic E-state index is 11.9. The number of carbonyl (C=O) groups is 1. The van der Waals surface area contributed by atoms with Crippen LogP contribution < -0.4 is 15.0 Å². The van der Waals surface area contributed by atoms with Crippen molar-refractivity contribution >= 4 is 11.8 Å². The van der Waals surface area contributed by atoms with Crippen molar-refractivity contribution in [3.8, 4) is 17.4 Å². The Morgan fingerprint density at radius 2 is 1.93 bits per heavy atom. The molecule has 3 heterocycles. The van der Waals surface area contributed by atoms with Crippen molar-refractivity contribution in [2.24, 2.45) is 0 Å². The molecule has 8 heteroatoms. The second-order valence-electron chi connectivity index (χ2n) is 6.99. The molecule has 1 saturated heterocycles. The summed E-state index contributed by atoms with van der Waals surface area (Å²) in [6, 6.07) is 13.6. The lowest BCUT2D eigenvalue weighted by atomic mass is 10.2. The third-order valence-corrected chi connectivity index (χ3v) is 4.92. The van der Waals surface area contributed by atoms with Gasteiger partial charge in [-0.2, -0.15) is 0 Å². The van der Waals surface area contributed by atoms with Crippen LogP contribution >= 0.6 is 0 Å². The average molecular weight is 396 g/mol. The lowest BCUT2D eigenvalue weighted by Gasteiger charge is -2.36. The van der Waals surface area contributed by atoms with Crippen molar-refractivity contribution in [1.29, 1.82) is 0 Å². The Morgan fingerprint density at radius 1 is 1.14 bits per heavy atom. The predicted molar refractivity (Wildman–Crippen MR) is 108 cm³/mol. The zero-order valence-corrected chi connectivity index (χ0v) is 16.3. The van der Waals surface area contributed by atoms with Crippen LogP contribution in [0.3, 0.4) is 0 Å². The molecular weight excluding hydrogens is 372 g/mol. The molecule has 0 saturated carbocycles. The van der Waals surface area contributed by atoms with Crippen LogP contribution in [0.5, 0.6) is 5.88 Å². The van der Waals surface area contributed by atoms with Gasteiger partial charge in [0.05, 0.1) is 12.3 Å². The van der Waals surface area contributed by atoms with Crippen LogP contribution in [-0.4, -0.2) is 55.4 Å². The number of piperazine rings is 1. The number of aryl methyl sites for hydroxylation is 1. The first-order valence-electron chi connectivity index (χ1n) is 9.67. The molecule has 1 aliphatic rings. The Hall–Kier alpha value is -3.26. The van der Waals surface area contributed by atoms with Crippen LogP contribution in [0, 0.1) is 6.92 Å². The van der Waals surface area contributed by atoms with E-state index < -0.39 is 6.09 Å². The van der Waals surface area contributed by atoms with Crippen molar-refractivity contribution in [3.05, 3.63) is 54.3 Å². The molecule has 152 valence electrons. The lowest BCUT2D eigenvalue weighted by molar-refractivity contribution is 0.191. The SMILES string of the molecule is Cc1ccc(N2CCN(CCNC(=O)Oc3cc(-c4ccco4)on3)CC2)cc1. The van der Waals surface area contributed by atoms with Gasteiger partial charge in [-0.15, -0.1) is 0 Å². The standard InChI is InChI=1S/C21H24N4O4/c1-16-4-6-17(7-5-16)25-12-10-24(11-13-25)9-8-22-21(26)28-20-15-19(29-23-20)18-3-2-14-27-18/h2-7,14-15H,8-13H2,1H3,(H,22,26). The summed E-state index contributed by atoms with van der Waals surface area (Å²) in [4.78, 5) is 16.7. The number of benzene rings is 1. The fourth-order valence-electron chi connectivity index (χ4n) is 3.27. The van der Waals surface area contributed by atoms with Gasteiger partial charge in [0.15, 0.2) is 5.76 Å². The third-order valence-electron chi connectivity index (χ3n) is 4.92. The fraction of sp³-hybridized carbons (Fsp3) is 0.333. The second kappa shape index (κ2) is 8.83. The summed E-state index contributed by atoms with van der Waals surface area (Å²) >= 11 is 0. The number of ether oxygens (including phenoxy) is 1. The molecular formula is C21H24N4O4. The summed E-state index contributed by atoms with van der Waals surface area (Å²) in [5.74, 6) is 1.03. The van der Waals surface area contributed by atoms with E-state index in [-0.39, 0.29) is 5.88 Å².